The van der Waals surface area contributed by atoms with Gasteiger partial charge in [0.15, 0.2) is 5.78 Å². The van der Waals surface area contributed by atoms with Crippen LogP contribution in [-0.4, -0.2) is 49.2 Å². The summed E-state index contributed by atoms with van der Waals surface area (Å²) in [5.74, 6) is -1.36. The van der Waals surface area contributed by atoms with Gasteiger partial charge in [0.25, 0.3) is 11.8 Å². The molecule has 0 spiro atoms. The molecule has 3 amide bonds. The first-order valence-corrected chi connectivity index (χ1v) is 14.0. The molecule has 5 rings (SSSR count). The lowest BCUT2D eigenvalue weighted by Gasteiger charge is -2.27. The zero-order chi connectivity index (χ0) is 30.0. The number of aryl methyl sites for hydroxylation is 1. The molecule has 0 saturated heterocycles. The second kappa shape index (κ2) is 12.0. The average molecular weight is 563 g/mol. The van der Waals surface area contributed by atoms with Crippen molar-refractivity contribution >= 4 is 45.7 Å². The number of fused-ring (bicyclic) bond motifs is 2. The van der Waals surface area contributed by atoms with Crippen molar-refractivity contribution < 1.29 is 19.2 Å². The molecule has 0 unspecified atom stereocenters. The topological polar surface area (TPSA) is 98.8 Å². The van der Waals surface area contributed by atoms with Crippen LogP contribution in [0.4, 0.5) is 11.4 Å². The lowest BCUT2D eigenvalue weighted by Crippen LogP contribution is -2.55. The summed E-state index contributed by atoms with van der Waals surface area (Å²) in [5, 5.41) is 7.87. The molecule has 214 valence electrons. The number of nitrogens with one attached hydrogen (secondary N) is 2. The predicted octanol–water partition coefficient (Wildman–Crippen LogP) is 4.64. The van der Waals surface area contributed by atoms with Crippen LogP contribution in [0.3, 0.4) is 0 Å². The van der Waals surface area contributed by atoms with E-state index in [1.54, 1.807) is 49.2 Å². The molecule has 0 fully saturated rings. The smallest absolute Gasteiger partial charge is 0.259 e. The zero-order valence-electron chi connectivity index (χ0n) is 24.2. The number of likely N-dealkylation sites (N-methyl/N-ethyl adjacent to an activating group) is 1. The van der Waals surface area contributed by atoms with Crippen molar-refractivity contribution in [2.75, 3.05) is 23.4 Å². The van der Waals surface area contributed by atoms with E-state index in [1.165, 1.54) is 11.8 Å². The van der Waals surface area contributed by atoms with Gasteiger partial charge in [-0.2, -0.15) is 0 Å². The Labute approximate surface area is 245 Å². The Hall–Kier alpha value is -4.82. The molecule has 8 nitrogen and oxygen atoms in total. The highest BCUT2D eigenvalue weighted by atomic mass is 16.2. The van der Waals surface area contributed by atoms with Crippen LogP contribution in [0.5, 0.6) is 0 Å². The van der Waals surface area contributed by atoms with E-state index in [9.17, 15) is 19.2 Å². The Bertz CT molecular complexity index is 1700. The first-order chi connectivity index (χ1) is 20.2. The summed E-state index contributed by atoms with van der Waals surface area (Å²) < 4.78 is 0. The molecule has 1 aliphatic heterocycles. The maximum Gasteiger partial charge on any atom is 0.259 e. The number of carbonyl (C=O) groups excluding carboxylic acids is 4. The summed E-state index contributed by atoms with van der Waals surface area (Å²) >= 11 is 0. The van der Waals surface area contributed by atoms with E-state index in [4.69, 9.17) is 0 Å². The number of ketones is 1. The van der Waals surface area contributed by atoms with Gasteiger partial charge in [-0.3, -0.25) is 19.2 Å². The highest BCUT2D eigenvalue weighted by Gasteiger charge is 2.38. The van der Waals surface area contributed by atoms with Crippen molar-refractivity contribution in [3.8, 4) is 0 Å². The predicted molar refractivity (Wildman–Crippen MR) is 165 cm³/mol. The van der Waals surface area contributed by atoms with Crippen LogP contribution in [0.2, 0.25) is 0 Å². The fraction of sp³-hybridized carbons (Fsp3) is 0.235. The minimum Gasteiger partial charge on any atom is -0.341 e. The van der Waals surface area contributed by atoms with Crippen LogP contribution < -0.4 is 20.4 Å². The monoisotopic (exact) mass is 562 g/mol. The summed E-state index contributed by atoms with van der Waals surface area (Å²) in [7, 11) is 1.67. The molecule has 4 aromatic rings. The molecule has 2 N–H and O–H groups in total. The van der Waals surface area contributed by atoms with Gasteiger partial charge in [-0.25, -0.2) is 0 Å². The molecule has 1 heterocycles. The Balaban J connectivity index is 1.66. The van der Waals surface area contributed by atoms with Gasteiger partial charge in [-0.1, -0.05) is 66.7 Å². The van der Waals surface area contributed by atoms with Crippen molar-refractivity contribution in [3.63, 3.8) is 0 Å². The second-order valence-electron chi connectivity index (χ2n) is 10.6. The van der Waals surface area contributed by atoms with Crippen molar-refractivity contribution in [1.82, 2.24) is 10.6 Å². The Morgan fingerprint density at radius 2 is 1.52 bits per heavy atom. The normalized spacial score (nSPS) is 15.6. The molecule has 4 aromatic carbocycles. The van der Waals surface area contributed by atoms with Crippen LogP contribution in [0.25, 0.3) is 10.8 Å². The number of rotatable bonds is 7. The van der Waals surface area contributed by atoms with E-state index in [0.717, 1.165) is 21.9 Å². The number of amides is 3. The van der Waals surface area contributed by atoms with Gasteiger partial charge in [-0.15, -0.1) is 0 Å². The first-order valence-electron chi connectivity index (χ1n) is 14.0. The maximum atomic E-state index is 14.4. The summed E-state index contributed by atoms with van der Waals surface area (Å²) in [6.07, 6.45) is 0. The highest BCUT2D eigenvalue weighted by Crippen LogP contribution is 2.36. The van der Waals surface area contributed by atoms with E-state index in [1.807, 2.05) is 55.5 Å². The minimum atomic E-state index is -1.04. The number of benzene rings is 4. The SMILES string of the molecule is CN[C@@H](C)C(=O)N[C@H]1CN(C(=O)c2ccccc2C(C)=O)c2ccccc2N(Cc2c(C)ccc3ccccc23)C1=O. The van der Waals surface area contributed by atoms with Crippen LogP contribution in [0, 0.1) is 6.92 Å². The lowest BCUT2D eigenvalue weighted by atomic mass is 9.99. The third-order valence-corrected chi connectivity index (χ3v) is 7.91. The molecule has 0 aliphatic carbocycles. The molecule has 0 bridgehead atoms. The van der Waals surface area contributed by atoms with Crippen molar-refractivity contribution in [2.45, 2.75) is 39.4 Å². The van der Waals surface area contributed by atoms with Crippen LogP contribution in [0.15, 0.2) is 84.9 Å². The highest BCUT2D eigenvalue weighted by molar-refractivity contribution is 6.16. The van der Waals surface area contributed by atoms with E-state index in [2.05, 4.69) is 16.7 Å². The van der Waals surface area contributed by atoms with E-state index >= 15 is 0 Å². The van der Waals surface area contributed by atoms with E-state index < -0.39 is 18.0 Å². The summed E-state index contributed by atoms with van der Waals surface area (Å²) in [5.41, 5.74) is 3.59. The third kappa shape index (κ3) is 5.41. The molecular weight excluding hydrogens is 528 g/mol. The average Bonchev–Trinajstić information content (AvgIpc) is 3.12. The number of nitrogens with zero attached hydrogens (tertiary/aromatic N) is 2. The molecular formula is C34H34N4O4. The molecule has 2 atom stereocenters. The number of hydrogen-bond acceptors (Lipinski definition) is 5. The Morgan fingerprint density at radius 3 is 2.24 bits per heavy atom. The Kier molecular flexibility index (Phi) is 8.17. The van der Waals surface area contributed by atoms with Crippen LogP contribution in [-0.2, 0) is 16.1 Å². The van der Waals surface area contributed by atoms with E-state index in [-0.39, 0.29) is 36.3 Å². The maximum absolute atomic E-state index is 14.4. The molecule has 42 heavy (non-hydrogen) atoms. The van der Waals surface area contributed by atoms with Crippen molar-refractivity contribution in [2.24, 2.45) is 0 Å². The summed E-state index contributed by atoms with van der Waals surface area (Å²) in [6, 6.07) is 24.4. The van der Waals surface area contributed by atoms with Gasteiger partial charge in [-0.05, 0) is 67.9 Å². The van der Waals surface area contributed by atoms with Gasteiger partial charge in [0.1, 0.15) is 6.04 Å². The zero-order valence-corrected chi connectivity index (χ0v) is 24.2. The Morgan fingerprint density at radius 1 is 0.881 bits per heavy atom. The standard InChI is InChI=1S/C34H34N4O4/c1-21-17-18-24-11-5-6-13-26(24)28(21)19-37-30-15-9-10-16-31(30)38(20-29(34(37)42)36-32(40)22(2)35-4)33(41)27-14-8-7-12-25(27)23(3)39/h5-18,22,29,35H,19-20H2,1-4H3,(H,36,40)/t22-,29-/m0/s1. The van der Waals surface area contributed by atoms with Gasteiger partial charge < -0.3 is 20.4 Å². The van der Waals surface area contributed by atoms with Gasteiger partial charge in [0.05, 0.1) is 36.1 Å². The number of para-hydroxylation sites is 2. The van der Waals surface area contributed by atoms with Gasteiger partial charge >= 0.3 is 0 Å². The third-order valence-electron chi connectivity index (χ3n) is 7.91. The van der Waals surface area contributed by atoms with Gasteiger partial charge in [0.2, 0.25) is 5.91 Å². The molecule has 0 aromatic heterocycles. The number of Topliss-reactive ketones (excluding diaryl/α,β-unsaturated/α-hetero) is 1. The lowest BCUT2D eigenvalue weighted by molar-refractivity contribution is -0.128. The second-order valence-corrected chi connectivity index (χ2v) is 10.6. The largest absolute Gasteiger partial charge is 0.341 e. The van der Waals surface area contributed by atoms with Crippen LogP contribution in [0.1, 0.15) is 45.7 Å². The number of anilines is 2. The number of hydrogen-bond donors (Lipinski definition) is 2. The van der Waals surface area contributed by atoms with E-state index in [0.29, 0.717) is 16.9 Å². The first kappa shape index (κ1) is 28.7. The number of carbonyl (C=O) groups is 4. The quantitative estimate of drug-likeness (QED) is 0.320. The minimum absolute atomic E-state index is 0.103. The van der Waals surface area contributed by atoms with Crippen molar-refractivity contribution in [3.05, 3.63) is 107 Å². The van der Waals surface area contributed by atoms with Gasteiger partial charge in [0, 0.05) is 5.56 Å². The molecule has 8 heteroatoms. The fourth-order valence-electron chi connectivity index (χ4n) is 5.41. The fourth-order valence-corrected chi connectivity index (χ4v) is 5.41. The molecule has 0 saturated carbocycles. The molecule has 1 aliphatic rings. The molecule has 0 radical (unpaired) electrons. The van der Waals surface area contributed by atoms with Crippen LogP contribution >= 0.6 is 0 Å². The summed E-state index contributed by atoms with van der Waals surface area (Å²) in [6.45, 7) is 5.27. The summed E-state index contributed by atoms with van der Waals surface area (Å²) in [4.78, 5) is 57.2. The van der Waals surface area contributed by atoms with Crippen molar-refractivity contribution in [1.29, 1.82) is 0 Å².